The number of rotatable bonds is 3. The van der Waals surface area contributed by atoms with Gasteiger partial charge in [-0.1, -0.05) is 6.92 Å². The quantitative estimate of drug-likeness (QED) is 0.802. The molecule has 3 rings (SSSR count). The summed E-state index contributed by atoms with van der Waals surface area (Å²) in [6.07, 6.45) is 0.936. The number of imidazole rings is 1. The van der Waals surface area contributed by atoms with E-state index in [2.05, 4.69) is 16.3 Å². The summed E-state index contributed by atoms with van der Waals surface area (Å²) >= 11 is 1.27. The van der Waals surface area contributed by atoms with E-state index in [-0.39, 0.29) is 5.82 Å². The van der Waals surface area contributed by atoms with Gasteiger partial charge in [-0.15, -0.1) is 0 Å². The van der Waals surface area contributed by atoms with Crippen LogP contribution in [0, 0.1) is 12.7 Å². The van der Waals surface area contributed by atoms with E-state index in [4.69, 9.17) is 5.73 Å². The highest BCUT2D eigenvalue weighted by molar-refractivity contribution is 7.10. The molecule has 2 heterocycles. The van der Waals surface area contributed by atoms with Crippen LogP contribution in [0.4, 0.5) is 9.39 Å². The second-order valence-electron chi connectivity index (χ2n) is 4.73. The minimum Gasteiger partial charge on any atom is -0.389 e. The first kappa shape index (κ1) is 13.1. The molecule has 0 atom stereocenters. The molecule has 2 aromatic heterocycles. The van der Waals surface area contributed by atoms with E-state index in [0.717, 1.165) is 41.1 Å². The van der Waals surface area contributed by atoms with Gasteiger partial charge in [-0.25, -0.2) is 9.37 Å². The van der Waals surface area contributed by atoms with Crippen molar-refractivity contribution in [3.8, 4) is 11.4 Å². The lowest BCUT2D eigenvalue weighted by molar-refractivity contribution is 0.627. The average molecular weight is 290 g/mol. The van der Waals surface area contributed by atoms with Crippen LogP contribution in [0.2, 0.25) is 0 Å². The van der Waals surface area contributed by atoms with Crippen molar-refractivity contribution >= 4 is 27.6 Å². The molecule has 0 amide bonds. The Hall–Kier alpha value is -1.95. The molecule has 20 heavy (non-hydrogen) atoms. The Morgan fingerprint density at radius 3 is 2.85 bits per heavy atom. The van der Waals surface area contributed by atoms with Gasteiger partial charge in [0.25, 0.3) is 0 Å². The van der Waals surface area contributed by atoms with Crippen LogP contribution < -0.4 is 5.73 Å². The van der Waals surface area contributed by atoms with Crippen LogP contribution in [-0.4, -0.2) is 13.9 Å². The standard InChI is InChI=1S/C14H15FN4S/c1-3-6-19-11-7-9(15)4-5-10(11)17-14(19)12-8(2)18-20-13(12)16/h4-5,7H,3,6,16H2,1-2H3. The number of anilines is 1. The molecule has 0 aliphatic rings. The van der Waals surface area contributed by atoms with Crippen molar-refractivity contribution in [2.75, 3.05) is 5.73 Å². The SMILES string of the molecule is CCCn1c(-c2c(C)nsc2N)nc2ccc(F)cc21. The molecule has 104 valence electrons. The highest BCUT2D eigenvalue weighted by Crippen LogP contribution is 2.34. The molecule has 0 aliphatic carbocycles. The second kappa shape index (κ2) is 4.86. The summed E-state index contributed by atoms with van der Waals surface area (Å²) in [4.78, 5) is 4.62. The average Bonchev–Trinajstić information content (AvgIpc) is 2.92. The van der Waals surface area contributed by atoms with Gasteiger partial charge in [-0.3, -0.25) is 0 Å². The highest BCUT2D eigenvalue weighted by Gasteiger charge is 2.19. The van der Waals surface area contributed by atoms with E-state index in [1.165, 1.54) is 23.7 Å². The molecule has 0 saturated heterocycles. The molecule has 0 unspecified atom stereocenters. The maximum atomic E-state index is 13.5. The highest BCUT2D eigenvalue weighted by atomic mass is 32.1. The summed E-state index contributed by atoms with van der Waals surface area (Å²) in [5.41, 5.74) is 9.32. The molecule has 0 radical (unpaired) electrons. The topological polar surface area (TPSA) is 56.7 Å². The third kappa shape index (κ3) is 1.96. The summed E-state index contributed by atoms with van der Waals surface area (Å²) in [5, 5.41) is 0.649. The number of nitrogens with zero attached hydrogens (tertiary/aromatic N) is 3. The Morgan fingerprint density at radius 2 is 2.20 bits per heavy atom. The van der Waals surface area contributed by atoms with E-state index in [0.29, 0.717) is 5.00 Å². The lowest BCUT2D eigenvalue weighted by Crippen LogP contribution is -2.01. The van der Waals surface area contributed by atoms with Crippen LogP contribution in [0.1, 0.15) is 19.0 Å². The summed E-state index contributed by atoms with van der Waals surface area (Å²) in [5.74, 6) is 0.519. The van der Waals surface area contributed by atoms with Crippen LogP contribution in [0.3, 0.4) is 0 Å². The molecular weight excluding hydrogens is 275 g/mol. The van der Waals surface area contributed by atoms with Gasteiger partial charge in [0.2, 0.25) is 0 Å². The van der Waals surface area contributed by atoms with Gasteiger partial charge in [-0.2, -0.15) is 4.37 Å². The number of fused-ring (bicyclic) bond motifs is 1. The van der Waals surface area contributed by atoms with Crippen LogP contribution in [0.15, 0.2) is 18.2 Å². The summed E-state index contributed by atoms with van der Waals surface area (Å²) in [6, 6.07) is 4.65. The zero-order valence-corrected chi connectivity index (χ0v) is 12.2. The Morgan fingerprint density at radius 1 is 1.40 bits per heavy atom. The molecule has 4 nitrogen and oxygen atoms in total. The Bertz CT molecular complexity index is 755. The molecule has 6 heteroatoms. The number of nitrogen functional groups attached to an aromatic ring is 1. The third-order valence-corrected chi connectivity index (χ3v) is 4.04. The van der Waals surface area contributed by atoms with Crippen LogP contribution >= 0.6 is 11.5 Å². The zero-order chi connectivity index (χ0) is 14.3. The first-order valence-corrected chi connectivity index (χ1v) is 7.27. The van der Waals surface area contributed by atoms with Crippen molar-refractivity contribution < 1.29 is 4.39 Å². The van der Waals surface area contributed by atoms with E-state index in [1.54, 1.807) is 6.07 Å². The van der Waals surface area contributed by atoms with Gasteiger partial charge < -0.3 is 10.3 Å². The van der Waals surface area contributed by atoms with Crippen LogP contribution in [0.5, 0.6) is 0 Å². The monoisotopic (exact) mass is 290 g/mol. The minimum atomic E-state index is -0.255. The van der Waals surface area contributed by atoms with Gasteiger partial charge in [-0.05, 0) is 43.1 Å². The summed E-state index contributed by atoms with van der Waals surface area (Å²) in [6.45, 7) is 4.76. The van der Waals surface area contributed by atoms with Gasteiger partial charge in [0.15, 0.2) is 0 Å². The van der Waals surface area contributed by atoms with Gasteiger partial charge in [0.1, 0.15) is 16.6 Å². The number of hydrogen-bond acceptors (Lipinski definition) is 4. The fourth-order valence-electron chi connectivity index (χ4n) is 2.40. The van der Waals surface area contributed by atoms with Crippen molar-refractivity contribution in [2.45, 2.75) is 26.8 Å². The molecular formula is C14H15FN4S. The first-order chi connectivity index (χ1) is 9.61. The lowest BCUT2D eigenvalue weighted by atomic mass is 10.2. The van der Waals surface area contributed by atoms with Gasteiger partial charge >= 0.3 is 0 Å². The number of benzene rings is 1. The number of halogens is 1. The van der Waals surface area contributed by atoms with Crippen molar-refractivity contribution in [2.24, 2.45) is 0 Å². The third-order valence-electron chi connectivity index (χ3n) is 3.27. The Labute approximate surface area is 120 Å². The van der Waals surface area contributed by atoms with Gasteiger partial charge in [0.05, 0.1) is 22.3 Å². The Balaban J connectivity index is 2.32. The number of hydrogen-bond donors (Lipinski definition) is 1. The lowest BCUT2D eigenvalue weighted by Gasteiger charge is -2.07. The predicted octanol–water partition coefficient (Wildman–Crippen LogP) is 3.60. The molecule has 3 aromatic rings. The fourth-order valence-corrected chi connectivity index (χ4v) is 3.05. The molecule has 0 aliphatic heterocycles. The smallest absolute Gasteiger partial charge is 0.146 e. The molecule has 1 aromatic carbocycles. The minimum absolute atomic E-state index is 0.255. The number of aromatic nitrogens is 3. The van der Waals surface area contributed by atoms with Crippen molar-refractivity contribution in [3.63, 3.8) is 0 Å². The summed E-state index contributed by atoms with van der Waals surface area (Å²) in [7, 11) is 0. The summed E-state index contributed by atoms with van der Waals surface area (Å²) < 4.78 is 19.8. The fraction of sp³-hybridized carbons (Fsp3) is 0.286. The van der Waals surface area contributed by atoms with Gasteiger partial charge in [0, 0.05) is 6.54 Å². The van der Waals surface area contributed by atoms with Crippen molar-refractivity contribution in [1.29, 1.82) is 0 Å². The molecule has 0 saturated carbocycles. The maximum absolute atomic E-state index is 13.5. The predicted molar refractivity (Wildman–Crippen MR) is 80.2 cm³/mol. The van der Waals surface area contributed by atoms with E-state index < -0.39 is 0 Å². The van der Waals surface area contributed by atoms with Crippen LogP contribution in [0.25, 0.3) is 22.4 Å². The maximum Gasteiger partial charge on any atom is 0.146 e. The molecule has 0 spiro atoms. The molecule has 2 N–H and O–H groups in total. The molecule has 0 bridgehead atoms. The second-order valence-corrected chi connectivity index (χ2v) is 5.53. The van der Waals surface area contributed by atoms with E-state index >= 15 is 0 Å². The largest absolute Gasteiger partial charge is 0.389 e. The van der Waals surface area contributed by atoms with Crippen LogP contribution in [-0.2, 0) is 6.54 Å². The zero-order valence-electron chi connectivity index (χ0n) is 11.4. The first-order valence-electron chi connectivity index (χ1n) is 6.49. The Kier molecular flexibility index (Phi) is 3.17. The van der Waals surface area contributed by atoms with Crippen molar-refractivity contribution in [1.82, 2.24) is 13.9 Å². The number of nitrogens with two attached hydrogens (primary N) is 1. The van der Waals surface area contributed by atoms with E-state index in [9.17, 15) is 4.39 Å². The normalized spacial score (nSPS) is 11.3. The van der Waals surface area contributed by atoms with E-state index in [1.807, 2.05) is 11.5 Å². The number of aryl methyl sites for hydroxylation is 2. The molecule has 0 fully saturated rings. The van der Waals surface area contributed by atoms with Crippen molar-refractivity contribution in [3.05, 3.63) is 29.7 Å².